The molecule has 2 rings (SSSR count). The highest BCUT2D eigenvalue weighted by Crippen LogP contribution is 2.18. The van der Waals surface area contributed by atoms with E-state index in [1.165, 1.54) is 7.11 Å². The second-order valence-electron chi connectivity index (χ2n) is 5.71. The van der Waals surface area contributed by atoms with Gasteiger partial charge in [0, 0.05) is 0 Å². The molecule has 0 aliphatic carbocycles. The lowest BCUT2D eigenvalue weighted by atomic mass is 9.91. The van der Waals surface area contributed by atoms with Gasteiger partial charge in [-0.15, -0.1) is 0 Å². The number of rotatable bonds is 6. The molecule has 6 nitrogen and oxygen atoms in total. The Balaban J connectivity index is 1.83. The molecule has 0 spiro atoms. The van der Waals surface area contributed by atoms with Crippen molar-refractivity contribution in [2.24, 2.45) is 5.92 Å². The molecule has 1 aliphatic rings. The van der Waals surface area contributed by atoms with Gasteiger partial charge in [-0.1, -0.05) is 30.3 Å². The number of carbonyl (C=O) groups excluding carboxylic acids is 2. The maximum atomic E-state index is 11.9. The van der Waals surface area contributed by atoms with Gasteiger partial charge in [-0.3, -0.25) is 0 Å². The van der Waals surface area contributed by atoms with Crippen LogP contribution >= 0.6 is 0 Å². The van der Waals surface area contributed by atoms with E-state index in [1.54, 1.807) is 0 Å². The van der Waals surface area contributed by atoms with Crippen molar-refractivity contribution in [1.82, 2.24) is 10.6 Å². The molecule has 0 radical (unpaired) electrons. The summed E-state index contributed by atoms with van der Waals surface area (Å²) in [5.41, 5.74) is 0.899. The van der Waals surface area contributed by atoms with Gasteiger partial charge in [0.25, 0.3) is 0 Å². The molecule has 1 heterocycles. The van der Waals surface area contributed by atoms with Crippen molar-refractivity contribution in [2.75, 3.05) is 20.2 Å². The summed E-state index contributed by atoms with van der Waals surface area (Å²) in [5.74, 6) is -0.0324. The molecule has 1 fully saturated rings. The van der Waals surface area contributed by atoms with Crippen LogP contribution in [0.1, 0.15) is 24.8 Å². The second kappa shape index (κ2) is 9.15. The summed E-state index contributed by atoms with van der Waals surface area (Å²) in [6, 6.07) is 8.75. The van der Waals surface area contributed by atoms with Gasteiger partial charge < -0.3 is 20.1 Å². The van der Waals surface area contributed by atoms with Crippen LogP contribution in [0.4, 0.5) is 4.79 Å². The van der Waals surface area contributed by atoms with E-state index in [4.69, 9.17) is 9.47 Å². The molecule has 0 unspecified atom stereocenters. The van der Waals surface area contributed by atoms with Crippen molar-refractivity contribution in [3.05, 3.63) is 35.9 Å². The Hall–Kier alpha value is -2.08. The molecule has 2 N–H and O–H groups in total. The second-order valence-corrected chi connectivity index (χ2v) is 5.71. The Labute approximate surface area is 136 Å². The van der Waals surface area contributed by atoms with Crippen molar-refractivity contribution in [2.45, 2.75) is 31.9 Å². The van der Waals surface area contributed by atoms with Gasteiger partial charge in [-0.25, -0.2) is 9.59 Å². The number of alkyl carbamates (subject to hydrolysis) is 1. The smallest absolute Gasteiger partial charge is 0.408 e. The lowest BCUT2D eigenvalue weighted by Crippen LogP contribution is -2.44. The number of ether oxygens (including phenoxy) is 2. The summed E-state index contributed by atoms with van der Waals surface area (Å²) >= 11 is 0. The summed E-state index contributed by atoms with van der Waals surface area (Å²) < 4.78 is 9.96. The predicted molar refractivity (Wildman–Crippen MR) is 85.8 cm³/mol. The van der Waals surface area contributed by atoms with E-state index < -0.39 is 18.1 Å². The molecule has 6 heteroatoms. The molecule has 1 atom stereocenters. The van der Waals surface area contributed by atoms with Gasteiger partial charge in [0.05, 0.1) is 7.11 Å². The van der Waals surface area contributed by atoms with Crippen LogP contribution in [0.3, 0.4) is 0 Å². The van der Waals surface area contributed by atoms with Crippen LogP contribution in [0.25, 0.3) is 0 Å². The van der Waals surface area contributed by atoms with E-state index in [-0.39, 0.29) is 6.61 Å². The van der Waals surface area contributed by atoms with E-state index in [0.717, 1.165) is 31.5 Å². The first-order valence-electron chi connectivity index (χ1n) is 7.95. The summed E-state index contributed by atoms with van der Waals surface area (Å²) in [5, 5.41) is 5.91. The van der Waals surface area contributed by atoms with Crippen LogP contribution in [-0.4, -0.2) is 38.3 Å². The molecule has 23 heavy (non-hydrogen) atoms. The van der Waals surface area contributed by atoms with E-state index in [2.05, 4.69) is 10.6 Å². The number of hydrogen-bond acceptors (Lipinski definition) is 5. The van der Waals surface area contributed by atoms with E-state index in [1.807, 2.05) is 30.3 Å². The van der Waals surface area contributed by atoms with Gasteiger partial charge >= 0.3 is 12.1 Å². The van der Waals surface area contributed by atoms with E-state index in [9.17, 15) is 9.59 Å². The minimum absolute atomic E-state index is 0.175. The maximum Gasteiger partial charge on any atom is 0.408 e. The molecule has 0 saturated carbocycles. The summed E-state index contributed by atoms with van der Waals surface area (Å²) in [6.45, 7) is 2.06. The number of nitrogens with one attached hydrogen (secondary N) is 2. The number of benzene rings is 1. The fraction of sp³-hybridized carbons (Fsp3) is 0.529. The van der Waals surface area contributed by atoms with Gasteiger partial charge in [0.2, 0.25) is 0 Å². The lowest BCUT2D eigenvalue weighted by Gasteiger charge is -2.26. The van der Waals surface area contributed by atoms with Crippen LogP contribution in [-0.2, 0) is 20.9 Å². The highest BCUT2D eigenvalue weighted by atomic mass is 16.6. The number of methoxy groups -OCH3 is 1. The Morgan fingerprint density at radius 3 is 2.61 bits per heavy atom. The fourth-order valence-corrected chi connectivity index (χ4v) is 2.71. The molecule has 1 amide bonds. The third kappa shape index (κ3) is 5.90. The number of carbonyl (C=O) groups is 2. The average molecular weight is 320 g/mol. The van der Waals surface area contributed by atoms with E-state index >= 15 is 0 Å². The van der Waals surface area contributed by atoms with Gasteiger partial charge in [-0.2, -0.15) is 0 Å². The zero-order chi connectivity index (χ0) is 16.5. The van der Waals surface area contributed by atoms with Gasteiger partial charge in [0.15, 0.2) is 0 Å². The van der Waals surface area contributed by atoms with E-state index in [0.29, 0.717) is 12.3 Å². The molecular weight excluding hydrogens is 296 g/mol. The quantitative estimate of drug-likeness (QED) is 0.782. The minimum Gasteiger partial charge on any atom is -0.467 e. The Bertz CT molecular complexity index is 501. The number of esters is 1. The summed E-state index contributed by atoms with van der Waals surface area (Å²) in [4.78, 5) is 23.8. The van der Waals surface area contributed by atoms with Crippen LogP contribution in [0.15, 0.2) is 30.3 Å². The third-order valence-corrected chi connectivity index (χ3v) is 4.02. The molecule has 1 aromatic rings. The Kier molecular flexibility index (Phi) is 6.87. The van der Waals surface area contributed by atoms with Crippen LogP contribution in [0.2, 0.25) is 0 Å². The third-order valence-electron chi connectivity index (χ3n) is 4.02. The zero-order valence-corrected chi connectivity index (χ0v) is 13.4. The largest absolute Gasteiger partial charge is 0.467 e. The van der Waals surface area contributed by atoms with Crippen molar-refractivity contribution < 1.29 is 19.1 Å². The highest BCUT2D eigenvalue weighted by Gasteiger charge is 2.26. The topological polar surface area (TPSA) is 76.7 Å². The van der Waals surface area contributed by atoms with Crippen molar-refractivity contribution in [1.29, 1.82) is 0 Å². The SMILES string of the molecule is COC(=O)[C@H](CC1CCNCC1)NC(=O)OCc1ccccc1. The van der Waals surface area contributed by atoms with Crippen molar-refractivity contribution in [3.63, 3.8) is 0 Å². The van der Waals surface area contributed by atoms with Crippen LogP contribution in [0.5, 0.6) is 0 Å². The summed E-state index contributed by atoms with van der Waals surface area (Å²) in [7, 11) is 1.33. The van der Waals surface area contributed by atoms with Gasteiger partial charge in [0.1, 0.15) is 12.6 Å². The Morgan fingerprint density at radius 1 is 1.26 bits per heavy atom. The average Bonchev–Trinajstić information content (AvgIpc) is 2.60. The highest BCUT2D eigenvalue weighted by molar-refractivity contribution is 5.81. The minimum atomic E-state index is -0.661. The fourth-order valence-electron chi connectivity index (χ4n) is 2.71. The molecule has 1 aliphatic heterocycles. The molecule has 0 bridgehead atoms. The molecule has 1 saturated heterocycles. The first-order valence-corrected chi connectivity index (χ1v) is 7.95. The standard InChI is InChI=1S/C17H24N2O4/c1-22-16(20)15(11-13-7-9-18-10-8-13)19-17(21)23-12-14-5-3-2-4-6-14/h2-6,13,15,18H,7-12H2,1H3,(H,19,21)/t15-/m0/s1. The number of amides is 1. The zero-order valence-electron chi connectivity index (χ0n) is 13.4. The van der Waals surface area contributed by atoms with Crippen molar-refractivity contribution in [3.8, 4) is 0 Å². The molecular formula is C17H24N2O4. The molecule has 0 aromatic heterocycles. The number of hydrogen-bond donors (Lipinski definition) is 2. The predicted octanol–water partition coefficient (Wildman–Crippen LogP) is 1.84. The van der Waals surface area contributed by atoms with Crippen LogP contribution < -0.4 is 10.6 Å². The molecule has 1 aromatic carbocycles. The van der Waals surface area contributed by atoms with Gasteiger partial charge in [-0.05, 0) is 43.8 Å². The van der Waals surface area contributed by atoms with Crippen molar-refractivity contribution >= 4 is 12.1 Å². The maximum absolute atomic E-state index is 11.9. The Morgan fingerprint density at radius 2 is 1.96 bits per heavy atom. The monoisotopic (exact) mass is 320 g/mol. The lowest BCUT2D eigenvalue weighted by molar-refractivity contribution is -0.143. The molecule has 126 valence electrons. The van der Waals surface area contributed by atoms with Crippen LogP contribution in [0, 0.1) is 5.92 Å². The first-order chi connectivity index (χ1) is 11.2. The first kappa shape index (κ1) is 17.3. The number of piperidine rings is 1. The summed E-state index contributed by atoms with van der Waals surface area (Å²) in [6.07, 6.45) is 1.97. The normalized spacial score (nSPS) is 16.4.